The quantitative estimate of drug-likeness (QED) is 0.669. The molecule has 0 aliphatic rings. The number of benzene rings is 1. The summed E-state index contributed by atoms with van der Waals surface area (Å²) in [5.74, 6) is -0.515. The van der Waals surface area contributed by atoms with Crippen LogP contribution in [0.4, 0.5) is 13.2 Å². The molecule has 0 bridgehead atoms. The van der Waals surface area contributed by atoms with Crippen molar-refractivity contribution in [2.45, 2.75) is 19.6 Å². The number of carbonyl (C=O) groups is 1. The third-order valence-electron chi connectivity index (χ3n) is 2.84. The topological polar surface area (TPSA) is 34.9 Å². The van der Waals surface area contributed by atoms with Gasteiger partial charge in [0, 0.05) is 16.6 Å². The van der Waals surface area contributed by atoms with E-state index >= 15 is 0 Å². The summed E-state index contributed by atoms with van der Waals surface area (Å²) >= 11 is 6.04. The number of alkyl halides is 3. The average Bonchev–Trinajstić information content (AvgIpc) is 2.78. The predicted octanol–water partition coefficient (Wildman–Crippen LogP) is 4.68. The zero-order chi connectivity index (χ0) is 15.8. The second kappa shape index (κ2) is 5.92. The smallest absolute Gasteiger partial charge is 0.287 e. The van der Waals surface area contributed by atoms with Crippen molar-refractivity contribution in [2.75, 3.05) is 0 Å². The van der Waals surface area contributed by atoms with Gasteiger partial charge in [0.15, 0.2) is 0 Å². The number of aromatic nitrogens is 2. The van der Waals surface area contributed by atoms with Crippen LogP contribution >= 0.6 is 31.9 Å². The molecule has 21 heavy (non-hydrogen) atoms. The number of aryl methyl sites for hydroxylation is 1. The van der Waals surface area contributed by atoms with Crippen molar-refractivity contribution in [2.24, 2.45) is 0 Å². The van der Waals surface area contributed by atoms with Crippen molar-refractivity contribution < 1.29 is 18.0 Å². The molecular weight excluding hydrogens is 417 g/mol. The minimum Gasteiger partial charge on any atom is -0.287 e. The number of hydrogen-bond acceptors (Lipinski definition) is 2. The van der Waals surface area contributed by atoms with Gasteiger partial charge < -0.3 is 0 Å². The van der Waals surface area contributed by atoms with E-state index in [0.29, 0.717) is 11.0 Å². The summed E-state index contributed by atoms with van der Waals surface area (Å²) in [4.78, 5) is 12.4. The number of hydrogen-bond donors (Lipinski definition) is 0. The summed E-state index contributed by atoms with van der Waals surface area (Å²) in [6.45, 7) is 2.23. The van der Waals surface area contributed by atoms with E-state index in [4.69, 9.17) is 0 Å². The lowest BCUT2D eigenvalue weighted by atomic mass is 10.0. The molecule has 0 amide bonds. The van der Waals surface area contributed by atoms with E-state index in [-0.39, 0.29) is 15.7 Å². The SMILES string of the molecule is CCn1ncc(Br)c1C(=O)c1ccc(Br)c(C(F)(F)F)c1. The Kier molecular flexibility index (Phi) is 4.57. The normalized spacial score (nSPS) is 11.7. The van der Waals surface area contributed by atoms with Gasteiger partial charge in [-0.2, -0.15) is 18.3 Å². The molecule has 0 fully saturated rings. The molecule has 0 radical (unpaired) electrons. The highest BCUT2D eigenvalue weighted by molar-refractivity contribution is 9.10. The first-order valence-corrected chi connectivity index (χ1v) is 7.47. The minimum absolute atomic E-state index is 0.0403. The minimum atomic E-state index is -4.53. The van der Waals surface area contributed by atoms with Gasteiger partial charge in [-0.15, -0.1) is 0 Å². The van der Waals surface area contributed by atoms with E-state index in [1.54, 1.807) is 6.92 Å². The van der Waals surface area contributed by atoms with E-state index in [9.17, 15) is 18.0 Å². The van der Waals surface area contributed by atoms with Gasteiger partial charge in [-0.25, -0.2) is 0 Å². The highest BCUT2D eigenvalue weighted by atomic mass is 79.9. The summed E-state index contributed by atoms with van der Waals surface area (Å²) in [7, 11) is 0. The maximum absolute atomic E-state index is 12.9. The van der Waals surface area contributed by atoms with Gasteiger partial charge in [0.1, 0.15) is 5.69 Å². The third kappa shape index (κ3) is 3.21. The Balaban J connectivity index is 2.52. The van der Waals surface area contributed by atoms with Gasteiger partial charge in [0.2, 0.25) is 5.78 Å². The third-order valence-corrected chi connectivity index (χ3v) is 4.12. The fourth-order valence-corrected chi connectivity index (χ4v) is 2.80. The number of rotatable bonds is 3. The fourth-order valence-electron chi connectivity index (χ4n) is 1.85. The van der Waals surface area contributed by atoms with Crippen molar-refractivity contribution in [1.82, 2.24) is 9.78 Å². The van der Waals surface area contributed by atoms with Crippen molar-refractivity contribution in [1.29, 1.82) is 0 Å². The Morgan fingerprint density at radius 1 is 1.29 bits per heavy atom. The van der Waals surface area contributed by atoms with Crippen molar-refractivity contribution in [3.8, 4) is 0 Å². The summed E-state index contributed by atoms with van der Waals surface area (Å²) < 4.78 is 40.5. The standard InChI is InChI=1S/C13H9Br2F3N2O/c1-2-20-11(10(15)6-19-20)12(21)7-3-4-9(14)8(5-7)13(16,17)18/h3-6H,2H2,1H3. The second-order valence-corrected chi connectivity index (χ2v) is 5.89. The highest BCUT2D eigenvalue weighted by Crippen LogP contribution is 2.35. The van der Waals surface area contributed by atoms with E-state index in [1.165, 1.54) is 23.0 Å². The van der Waals surface area contributed by atoms with Gasteiger partial charge in [-0.05, 0) is 41.1 Å². The number of ketones is 1. The van der Waals surface area contributed by atoms with Gasteiger partial charge in [-0.3, -0.25) is 9.48 Å². The number of carbonyl (C=O) groups excluding carboxylic acids is 1. The number of nitrogens with zero attached hydrogens (tertiary/aromatic N) is 2. The Morgan fingerprint density at radius 2 is 1.95 bits per heavy atom. The number of halogens is 5. The van der Waals surface area contributed by atoms with E-state index in [0.717, 1.165) is 6.07 Å². The van der Waals surface area contributed by atoms with Crippen LogP contribution in [0.15, 0.2) is 33.3 Å². The molecule has 0 atom stereocenters. The van der Waals surface area contributed by atoms with Crippen LogP contribution < -0.4 is 0 Å². The van der Waals surface area contributed by atoms with Crippen LogP contribution in [0.3, 0.4) is 0 Å². The van der Waals surface area contributed by atoms with Gasteiger partial charge in [0.25, 0.3) is 0 Å². The molecule has 0 aliphatic carbocycles. The molecule has 1 aromatic carbocycles. The van der Waals surface area contributed by atoms with E-state index < -0.39 is 17.5 Å². The molecule has 2 rings (SSSR count). The van der Waals surface area contributed by atoms with Crippen LogP contribution in [0.2, 0.25) is 0 Å². The first-order valence-electron chi connectivity index (χ1n) is 5.88. The predicted molar refractivity (Wildman–Crippen MR) is 78.2 cm³/mol. The zero-order valence-electron chi connectivity index (χ0n) is 10.7. The lowest BCUT2D eigenvalue weighted by Gasteiger charge is -2.11. The van der Waals surface area contributed by atoms with Gasteiger partial charge in [0.05, 0.1) is 16.2 Å². The Morgan fingerprint density at radius 3 is 2.52 bits per heavy atom. The molecule has 3 nitrogen and oxygen atoms in total. The lowest BCUT2D eigenvalue weighted by molar-refractivity contribution is -0.138. The summed E-state index contributed by atoms with van der Waals surface area (Å²) in [6, 6.07) is 3.41. The molecule has 8 heteroatoms. The molecule has 0 unspecified atom stereocenters. The molecule has 112 valence electrons. The molecule has 0 saturated heterocycles. The van der Waals surface area contributed by atoms with Gasteiger partial charge >= 0.3 is 6.18 Å². The van der Waals surface area contributed by atoms with Crippen molar-refractivity contribution >= 4 is 37.6 Å². The summed E-state index contributed by atoms with van der Waals surface area (Å²) in [6.07, 6.45) is -3.09. The zero-order valence-corrected chi connectivity index (χ0v) is 13.9. The fraction of sp³-hybridized carbons (Fsp3) is 0.231. The summed E-state index contributed by atoms with van der Waals surface area (Å²) in [5.41, 5.74) is -0.693. The maximum atomic E-state index is 12.9. The largest absolute Gasteiger partial charge is 0.417 e. The second-order valence-electron chi connectivity index (χ2n) is 4.18. The molecule has 2 aromatic rings. The molecule has 0 N–H and O–H groups in total. The Bertz CT molecular complexity index is 695. The Hall–Kier alpha value is -1.15. The molecule has 0 aliphatic heterocycles. The van der Waals surface area contributed by atoms with Crippen molar-refractivity contribution in [3.63, 3.8) is 0 Å². The van der Waals surface area contributed by atoms with E-state index in [2.05, 4.69) is 37.0 Å². The van der Waals surface area contributed by atoms with E-state index in [1.807, 2.05) is 0 Å². The first-order chi connectivity index (χ1) is 9.75. The summed E-state index contributed by atoms with van der Waals surface area (Å²) in [5, 5.41) is 3.99. The average molecular weight is 426 g/mol. The van der Waals surface area contributed by atoms with Crippen LogP contribution in [0.25, 0.3) is 0 Å². The van der Waals surface area contributed by atoms with Crippen LogP contribution in [0, 0.1) is 0 Å². The van der Waals surface area contributed by atoms with Crippen LogP contribution in [0.1, 0.15) is 28.5 Å². The van der Waals surface area contributed by atoms with Crippen LogP contribution in [0.5, 0.6) is 0 Å². The monoisotopic (exact) mass is 424 g/mol. The van der Waals surface area contributed by atoms with Crippen LogP contribution in [-0.4, -0.2) is 15.6 Å². The van der Waals surface area contributed by atoms with Gasteiger partial charge in [-0.1, -0.05) is 15.9 Å². The lowest BCUT2D eigenvalue weighted by Crippen LogP contribution is -2.13. The Labute approximate surface area is 135 Å². The molecular formula is C13H9Br2F3N2O. The molecule has 0 spiro atoms. The van der Waals surface area contributed by atoms with Crippen LogP contribution in [-0.2, 0) is 12.7 Å². The first kappa shape index (κ1) is 16.2. The van der Waals surface area contributed by atoms with Crippen molar-refractivity contribution in [3.05, 3.63) is 50.2 Å². The molecule has 0 saturated carbocycles. The maximum Gasteiger partial charge on any atom is 0.417 e. The molecule has 1 aromatic heterocycles. The molecule has 1 heterocycles. The highest BCUT2D eigenvalue weighted by Gasteiger charge is 2.34.